The Bertz CT molecular complexity index is 488. The first-order valence-electron chi connectivity index (χ1n) is 7.26. The summed E-state index contributed by atoms with van der Waals surface area (Å²) in [5.41, 5.74) is 0. The highest BCUT2D eigenvalue weighted by Crippen LogP contribution is 2.08. The summed E-state index contributed by atoms with van der Waals surface area (Å²) in [5.74, 6) is 1.18. The molecule has 1 rings (SSSR count). The summed E-state index contributed by atoms with van der Waals surface area (Å²) in [6.07, 6.45) is 9.36. The van der Waals surface area contributed by atoms with Crippen molar-refractivity contribution in [1.82, 2.24) is 19.8 Å². The molecule has 0 unspecified atom stereocenters. The standard InChI is InChI=1S/C13H26N4O2S2/c1-14-8-9-17-12-13(11-15-17)21(18,19)16-7-5-3-4-6-10-20-2/h11-12,14,16H,3-10H2,1-2H3. The number of hydrogen-bond acceptors (Lipinski definition) is 5. The lowest BCUT2D eigenvalue weighted by Crippen LogP contribution is -2.24. The topological polar surface area (TPSA) is 76.0 Å². The molecule has 8 heteroatoms. The average Bonchev–Trinajstić information content (AvgIpc) is 2.94. The Morgan fingerprint density at radius 3 is 2.71 bits per heavy atom. The van der Waals surface area contributed by atoms with Crippen LogP contribution in [0.5, 0.6) is 0 Å². The van der Waals surface area contributed by atoms with Gasteiger partial charge in [0.2, 0.25) is 10.0 Å². The smallest absolute Gasteiger partial charge is 0.243 e. The van der Waals surface area contributed by atoms with Gasteiger partial charge < -0.3 is 5.32 Å². The second kappa shape index (κ2) is 10.2. The van der Waals surface area contributed by atoms with Crippen molar-refractivity contribution in [3.8, 4) is 0 Å². The highest BCUT2D eigenvalue weighted by atomic mass is 32.2. The zero-order valence-electron chi connectivity index (χ0n) is 12.8. The molecule has 1 heterocycles. The SMILES string of the molecule is CNCCn1cc(S(=O)(=O)NCCCCCCSC)cn1. The Morgan fingerprint density at radius 1 is 1.24 bits per heavy atom. The molecule has 2 N–H and O–H groups in total. The van der Waals surface area contributed by atoms with Crippen molar-refractivity contribution in [2.45, 2.75) is 37.1 Å². The van der Waals surface area contributed by atoms with E-state index in [1.807, 2.05) is 18.8 Å². The highest BCUT2D eigenvalue weighted by Gasteiger charge is 2.15. The third-order valence-electron chi connectivity index (χ3n) is 3.08. The van der Waals surface area contributed by atoms with E-state index in [9.17, 15) is 8.42 Å². The molecule has 0 bridgehead atoms. The van der Waals surface area contributed by atoms with Crippen molar-refractivity contribution in [3.63, 3.8) is 0 Å². The molecule has 0 aliphatic rings. The van der Waals surface area contributed by atoms with Gasteiger partial charge in [-0.2, -0.15) is 16.9 Å². The van der Waals surface area contributed by atoms with E-state index in [1.165, 1.54) is 18.4 Å². The molecule has 1 aromatic heterocycles. The molecule has 0 fully saturated rings. The van der Waals surface area contributed by atoms with Gasteiger partial charge >= 0.3 is 0 Å². The molecule has 0 amide bonds. The molecule has 0 saturated carbocycles. The fourth-order valence-electron chi connectivity index (χ4n) is 1.85. The maximum Gasteiger partial charge on any atom is 0.243 e. The first kappa shape index (κ1) is 18.5. The van der Waals surface area contributed by atoms with Crippen molar-refractivity contribution in [2.75, 3.05) is 32.1 Å². The van der Waals surface area contributed by atoms with Crippen molar-refractivity contribution < 1.29 is 8.42 Å². The summed E-state index contributed by atoms with van der Waals surface area (Å²) in [4.78, 5) is 0.237. The molecule has 0 aliphatic heterocycles. The fraction of sp³-hybridized carbons (Fsp3) is 0.769. The molecule has 0 aliphatic carbocycles. The minimum atomic E-state index is -3.42. The van der Waals surface area contributed by atoms with E-state index in [4.69, 9.17) is 0 Å². The van der Waals surface area contributed by atoms with Crippen molar-refractivity contribution in [2.24, 2.45) is 0 Å². The normalized spacial score (nSPS) is 11.9. The van der Waals surface area contributed by atoms with Crippen molar-refractivity contribution in [3.05, 3.63) is 12.4 Å². The lowest BCUT2D eigenvalue weighted by atomic mass is 10.2. The van der Waals surface area contributed by atoms with Crippen LogP contribution in [0, 0.1) is 0 Å². The molecule has 21 heavy (non-hydrogen) atoms. The zero-order chi connectivity index (χ0) is 15.6. The van der Waals surface area contributed by atoms with E-state index < -0.39 is 10.0 Å². The molecule has 1 aromatic rings. The number of nitrogens with zero attached hydrogens (tertiary/aromatic N) is 2. The zero-order valence-corrected chi connectivity index (χ0v) is 14.5. The predicted molar refractivity (Wildman–Crippen MR) is 88.2 cm³/mol. The van der Waals surface area contributed by atoms with Gasteiger partial charge in [-0.05, 0) is 31.9 Å². The van der Waals surface area contributed by atoms with Gasteiger partial charge in [0.05, 0.1) is 12.7 Å². The summed E-state index contributed by atoms with van der Waals surface area (Å²) >= 11 is 1.85. The van der Waals surface area contributed by atoms with E-state index >= 15 is 0 Å². The van der Waals surface area contributed by atoms with Crippen LogP contribution in [0.25, 0.3) is 0 Å². The summed E-state index contributed by atoms with van der Waals surface area (Å²) in [5, 5.41) is 7.05. The van der Waals surface area contributed by atoms with E-state index in [1.54, 1.807) is 10.9 Å². The van der Waals surface area contributed by atoms with E-state index in [0.717, 1.165) is 25.8 Å². The number of rotatable bonds is 12. The minimum Gasteiger partial charge on any atom is -0.318 e. The Morgan fingerprint density at radius 2 is 2.00 bits per heavy atom. The van der Waals surface area contributed by atoms with Crippen molar-refractivity contribution >= 4 is 21.8 Å². The maximum atomic E-state index is 12.1. The molecule has 0 aromatic carbocycles. The van der Waals surface area contributed by atoms with Gasteiger partial charge in [-0.25, -0.2) is 13.1 Å². The van der Waals surface area contributed by atoms with Gasteiger partial charge in [-0.1, -0.05) is 12.8 Å². The molecule has 0 saturated heterocycles. The Hall–Kier alpha value is -0.570. The van der Waals surface area contributed by atoms with Crippen molar-refractivity contribution in [1.29, 1.82) is 0 Å². The molecule has 0 atom stereocenters. The number of sulfonamides is 1. The lowest BCUT2D eigenvalue weighted by molar-refractivity contribution is 0.571. The van der Waals surface area contributed by atoms with Gasteiger partial charge in [0.25, 0.3) is 0 Å². The van der Waals surface area contributed by atoms with Crippen LogP contribution in [-0.2, 0) is 16.6 Å². The third-order valence-corrected chi connectivity index (χ3v) is 5.19. The van der Waals surface area contributed by atoms with E-state index in [2.05, 4.69) is 21.4 Å². The Balaban J connectivity index is 2.31. The van der Waals surface area contributed by atoms with Crippen LogP contribution in [0.1, 0.15) is 25.7 Å². The predicted octanol–water partition coefficient (Wildman–Crippen LogP) is 1.30. The molecular weight excluding hydrogens is 308 g/mol. The maximum absolute atomic E-state index is 12.1. The van der Waals surface area contributed by atoms with Crippen LogP contribution in [0.3, 0.4) is 0 Å². The van der Waals surface area contributed by atoms with Crippen LogP contribution in [0.4, 0.5) is 0 Å². The molecule has 0 radical (unpaired) electrons. The van der Waals surface area contributed by atoms with E-state index in [-0.39, 0.29) is 4.90 Å². The van der Waals surface area contributed by atoms with Crippen LogP contribution < -0.4 is 10.0 Å². The second-order valence-corrected chi connectivity index (χ2v) is 7.60. The van der Waals surface area contributed by atoms with Gasteiger partial charge in [0.1, 0.15) is 4.90 Å². The second-order valence-electron chi connectivity index (χ2n) is 4.85. The quantitative estimate of drug-likeness (QED) is 0.564. The van der Waals surface area contributed by atoms with Gasteiger partial charge in [-0.15, -0.1) is 0 Å². The van der Waals surface area contributed by atoms with Crippen LogP contribution in [0.15, 0.2) is 17.3 Å². The number of nitrogens with one attached hydrogen (secondary N) is 2. The largest absolute Gasteiger partial charge is 0.318 e. The van der Waals surface area contributed by atoms with E-state index in [0.29, 0.717) is 13.1 Å². The fourth-order valence-corrected chi connectivity index (χ4v) is 3.37. The molecule has 122 valence electrons. The Labute approximate surface area is 132 Å². The number of unbranched alkanes of at least 4 members (excludes halogenated alkanes) is 3. The summed E-state index contributed by atoms with van der Waals surface area (Å²) in [6.45, 7) is 1.90. The summed E-state index contributed by atoms with van der Waals surface area (Å²) in [7, 11) is -1.57. The molecule has 6 nitrogen and oxygen atoms in total. The number of aromatic nitrogens is 2. The van der Waals surface area contributed by atoms with Crippen LogP contribution >= 0.6 is 11.8 Å². The highest BCUT2D eigenvalue weighted by molar-refractivity contribution is 7.98. The number of hydrogen-bond donors (Lipinski definition) is 2. The van der Waals surface area contributed by atoms with Gasteiger partial charge in [0.15, 0.2) is 0 Å². The third kappa shape index (κ3) is 7.30. The summed E-state index contributed by atoms with van der Waals surface area (Å²) in [6, 6.07) is 0. The first-order valence-corrected chi connectivity index (χ1v) is 10.1. The number of thioether (sulfide) groups is 1. The monoisotopic (exact) mass is 334 g/mol. The first-order chi connectivity index (χ1) is 10.1. The lowest BCUT2D eigenvalue weighted by Gasteiger charge is -2.04. The Kier molecular flexibility index (Phi) is 8.98. The molecule has 0 spiro atoms. The van der Waals surface area contributed by atoms with Gasteiger partial charge in [-0.3, -0.25) is 4.68 Å². The van der Waals surface area contributed by atoms with Crippen LogP contribution in [0.2, 0.25) is 0 Å². The molecular formula is C13H26N4O2S2. The minimum absolute atomic E-state index is 0.237. The number of likely N-dealkylation sites (N-methyl/N-ethyl adjacent to an activating group) is 1. The van der Waals surface area contributed by atoms with Gasteiger partial charge in [0, 0.05) is 19.3 Å². The average molecular weight is 335 g/mol. The van der Waals surface area contributed by atoms with Crippen LogP contribution in [-0.4, -0.2) is 50.3 Å². The summed E-state index contributed by atoms with van der Waals surface area (Å²) < 4.78 is 28.4.